The number of carbonyl (C=O) groups is 1. The smallest absolute Gasteiger partial charge is 0.271 e. The van der Waals surface area contributed by atoms with Crippen molar-refractivity contribution in [3.05, 3.63) is 93.6 Å². The second kappa shape index (κ2) is 9.68. The average molecular weight is 458 g/mol. The van der Waals surface area contributed by atoms with E-state index in [1.54, 1.807) is 18.4 Å². The third kappa shape index (κ3) is 4.74. The van der Waals surface area contributed by atoms with E-state index in [1.165, 1.54) is 11.3 Å². The van der Waals surface area contributed by atoms with Crippen LogP contribution in [0.4, 0.5) is 0 Å². The number of rotatable bonds is 7. The van der Waals surface area contributed by atoms with Crippen LogP contribution >= 0.6 is 11.3 Å². The second-order valence-corrected chi connectivity index (χ2v) is 9.25. The summed E-state index contributed by atoms with van der Waals surface area (Å²) in [5.41, 5.74) is 6.14. The molecule has 0 saturated carbocycles. The molecular formula is C26H27N5OS. The quantitative estimate of drug-likeness (QED) is 0.439. The van der Waals surface area contributed by atoms with Crippen molar-refractivity contribution < 1.29 is 4.79 Å². The molecule has 1 unspecified atom stereocenters. The van der Waals surface area contributed by atoms with Gasteiger partial charge in [-0.15, -0.1) is 11.3 Å². The van der Waals surface area contributed by atoms with E-state index in [4.69, 9.17) is 10.1 Å². The Bertz CT molecular complexity index is 1230. The highest BCUT2D eigenvalue weighted by atomic mass is 32.1. The maximum Gasteiger partial charge on any atom is 0.271 e. The van der Waals surface area contributed by atoms with Gasteiger partial charge in [0.05, 0.1) is 12.2 Å². The number of thiazole rings is 1. The first kappa shape index (κ1) is 21.6. The Hall–Kier alpha value is -3.29. The first-order valence-electron chi connectivity index (χ1n) is 11.3. The van der Waals surface area contributed by atoms with Crippen LogP contribution in [0.3, 0.4) is 0 Å². The molecule has 1 amide bonds. The van der Waals surface area contributed by atoms with E-state index < -0.39 is 0 Å². The number of carbonyl (C=O) groups excluding carboxylic acids is 1. The lowest BCUT2D eigenvalue weighted by atomic mass is 9.91. The third-order valence-electron chi connectivity index (χ3n) is 6.13. The van der Waals surface area contributed by atoms with Gasteiger partial charge >= 0.3 is 0 Å². The van der Waals surface area contributed by atoms with E-state index in [2.05, 4.69) is 40.3 Å². The van der Waals surface area contributed by atoms with Gasteiger partial charge in [-0.1, -0.05) is 60.7 Å². The topological polar surface area (TPSA) is 71.8 Å². The predicted octanol–water partition coefficient (Wildman–Crippen LogP) is 4.06. The van der Waals surface area contributed by atoms with Crippen LogP contribution in [-0.4, -0.2) is 33.8 Å². The zero-order valence-electron chi connectivity index (χ0n) is 18.6. The summed E-state index contributed by atoms with van der Waals surface area (Å²) in [7, 11) is 1.66. The van der Waals surface area contributed by atoms with Crippen molar-refractivity contribution in [2.24, 2.45) is 0 Å². The number of hydrogen-bond donors (Lipinski definition) is 2. The molecule has 6 nitrogen and oxygen atoms in total. The number of amides is 1. The van der Waals surface area contributed by atoms with Crippen molar-refractivity contribution in [1.29, 1.82) is 0 Å². The van der Waals surface area contributed by atoms with Crippen molar-refractivity contribution in [2.45, 2.75) is 38.4 Å². The number of nitrogens with one attached hydrogen (secondary N) is 2. The zero-order valence-corrected chi connectivity index (χ0v) is 19.4. The molecule has 1 atom stereocenters. The molecule has 0 saturated heterocycles. The summed E-state index contributed by atoms with van der Waals surface area (Å²) >= 11 is 1.68. The number of hydrogen-bond acceptors (Lipinski definition) is 5. The maximum absolute atomic E-state index is 12.6. The molecule has 2 N–H and O–H groups in total. The Labute approximate surface area is 197 Å². The summed E-state index contributed by atoms with van der Waals surface area (Å²) < 4.78 is 2.01. The summed E-state index contributed by atoms with van der Waals surface area (Å²) in [5.74, 6) is -0.119. The van der Waals surface area contributed by atoms with Crippen LogP contribution in [0.25, 0.3) is 11.3 Å². The molecule has 33 heavy (non-hydrogen) atoms. The average Bonchev–Trinajstić information content (AvgIpc) is 3.48. The van der Waals surface area contributed by atoms with Gasteiger partial charge in [0.25, 0.3) is 5.91 Å². The van der Waals surface area contributed by atoms with Gasteiger partial charge < -0.3 is 10.6 Å². The van der Waals surface area contributed by atoms with E-state index in [0.29, 0.717) is 18.3 Å². The summed E-state index contributed by atoms with van der Waals surface area (Å²) in [5, 5.41) is 14.3. The summed E-state index contributed by atoms with van der Waals surface area (Å²) in [6.07, 6.45) is 2.71. The van der Waals surface area contributed by atoms with E-state index in [0.717, 1.165) is 47.6 Å². The molecule has 0 aliphatic heterocycles. The van der Waals surface area contributed by atoms with Crippen LogP contribution in [0, 0.1) is 0 Å². The fourth-order valence-corrected chi connectivity index (χ4v) is 5.17. The third-order valence-corrected chi connectivity index (χ3v) is 6.98. The highest BCUT2D eigenvalue weighted by molar-refractivity contribution is 7.09. The van der Waals surface area contributed by atoms with Gasteiger partial charge in [0, 0.05) is 41.8 Å². The molecular weight excluding hydrogens is 430 g/mol. The van der Waals surface area contributed by atoms with Crippen LogP contribution in [0.1, 0.15) is 38.7 Å². The normalized spacial score (nSPS) is 15.2. The lowest BCUT2D eigenvalue weighted by molar-refractivity contribution is 0.0956. The highest BCUT2D eigenvalue weighted by Gasteiger charge is 2.29. The van der Waals surface area contributed by atoms with Gasteiger partial charge in [0.2, 0.25) is 0 Å². The lowest BCUT2D eigenvalue weighted by Crippen LogP contribution is -2.35. The van der Waals surface area contributed by atoms with E-state index in [1.807, 2.05) is 41.1 Å². The Morgan fingerprint density at radius 3 is 2.64 bits per heavy atom. The fraction of sp³-hybridized carbons (Fsp3) is 0.269. The van der Waals surface area contributed by atoms with Gasteiger partial charge in [-0.25, -0.2) is 4.98 Å². The van der Waals surface area contributed by atoms with Crippen LogP contribution in [-0.2, 0) is 25.9 Å². The van der Waals surface area contributed by atoms with Crippen molar-refractivity contribution in [3.63, 3.8) is 0 Å². The Morgan fingerprint density at radius 1 is 1.12 bits per heavy atom. The van der Waals surface area contributed by atoms with Gasteiger partial charge in [-0.3, -0.25) is 9.48 Å². The molecule has 168 valence electrons. The first-order valence-corrected chi connectivity index (χ1v) is 12.2. The Kier molecular flexibility index (Phi) is 6.32. The van der Waals surface area contributed by atoms with Crippen molar-refractivity contribution in [2.75, 3.05) is 7.05 Å². The van der Waals surface area contributed by atoms with Crippen molar-refractivity contribution in [1.82, 2.24) is 25.4 Å². The van der Waals surface area contributed by atoms with Gasteiger partial charge in [-0.05, 0) is 24.8 Å². The molecule has 0 spiro atoms. The van der Waals surface area contributed by atoms with Crippen LogP contribution in [0.15, 0.2) is 66.0 Å². The van der Waals surface area contributed by atoms with E-state index in [-0.39, 0.29) is 5.91 Å². The minimum absolute atomic E-state index is 0.119. The number of fused-ring (bicyclic) bond motifs is 1. The Balaban J connectivity index is 1.30. The monoisotopic (exact) mass is 457 g/mol. The van der Waals surface area contributed by atoms with Crippen LogP contribution < -0.4 is 10.6 Å². The molecule has 2 heterocycles. The van der Waals surface area contributed by atoms with Crippen molar-refractivity contribution in [3.8, 4) is 11.3 Å². The summed E-state index contributed by atoms with van der Waals surface area (Å²) in [4.78, 5) is 17.4. The SMILES string of the molecule is CNC(=O)c1nn(Cc2ccccc2)c2c1CC(NCc1nc(-c3ccccc3)cs1)CC2. The first-order chi connectivity index (χ1) is 16.2. The second-order valence-electron chi connectivity index (χ2n) is 8.31. The number of aromatic nitrogens is 3. The van der Waals surface area contributed by atoms with Gasteiger partial charge in [0.1, 0.15) is 5.01 Å². The van der Waals surface area contributed by atoms with Gasteiger partial charge in [0.15, 0.2) is 5.69 Å². The highest BCUT2D eigenvalue weighted by Crippen LogP contribution is 2.27. The van der Waals surface area contributed by atoms with E-state index in [9.17, 15) is 4.79 Å². The molecule has 2 aromatic heterocycles. The summed E-state index contributed by atoms with van der Waals surface area (Å²) in [6.45, 7) is 1.41. The number of benzene rings is 2. The van der Waals surface area contributed by atoms with Crippen molar-refractivity contribution >= 4 is 17.2 Å². The minimum atomic E-state index is -0.119. The zero-order chi connectivity index (χ0) is 22.6. The number of nitrogens with zero attached hydrogens (tertiary/aromatic N) is 3. The molecule has 0 fully saturated rings. The molecule has 0 bridgehead atoms. The Morgan fingerprint density at radius 2 is 1.88 bits per heavy atom. The van der Waals surface area contributed by atoms with Crippen LogP contribution in [0.5, 0.6) is 0 Å². The van der Waals surface area contributed by atoms with Crippen LogP contribution in [0.2, 0.25) is 0 Å². The van der Waals surface area contributed by atoms with Gasteiger partial charge in [-0.2, -0.15) is 5.10 Å². The van der Waals surface area contributed by atoms with E-state index >= 15 is 0 Å². The molecule has 2 aromatic carbocycles. The molecule has 7 heteroatoms. The fourth-order valence-electron chi connectivity index (χ4n) is 4.42. The lowest BCUT2D eigenvalue weighted by Gasteiger charge is -2.24. The molecule has 1 aliphatic carbocycles. The molecule has 5 rings (SSSR count). The predicted molar refractivity (Wildman–Crippen MR) is 131 cm³/mol. The summed E-state index contributed by atoms with van der Waals surface area (Å²) in [6, 6.07) is 20.8. The standard InChI is InChI=1S/C26H27N5OS/c1-27-26(32)25-21-14-20(12-13-23(21)31(30-25)16-18-8-4-2-5-9-18)28-15-24-29-22(17-33-24)19-10-6-3-7-11-19/h2-11,17,20,28H,12-16H2,1H3,(H,27,32). The minimum Gasteiger partial charge on any atom is -0.354 e. The molecule has 1 aliphatic rings. The maximum atomic E-state index is 12.6. The largest absolute Gasteiger partial charge is 0.354 e. The molecule has 0 radical (unpaired) electrons. The molecule has 4 aromatic rings.